The van der Waals surface area contributed by atoms with Crippen molar-refractivity contribution >= 4 is 27.2 Å². The van der Waals surface area contributed by atoms with Crippen LogP contribution < -0.4 is 10.2 Å². The van der Waals surface area contributed by atoms with Gasteiger partial charge >= 0.3 is 0 Å². The highest BCUT2D eigenvalue weighted by atomic mass is 32.2. The van der Waals surface area contributed by atoms with Gasteiger partial charge in [0, 0.05) is 25.6 Å². The van der Waals surface area contributed by atoms with Gasteiger partial charge in [0.05, 0.1) is 32.1 Å². The Labute approximate surface area is 157 Å². The van der Waals surface area contributed by atoms with Crippen molar-refractivity contribution in [1.29, 1.82) is 0 Å². The number of nitrogens with zero attached hydrogens (tertiary/aromatic N) is 1. The third-order valence-electron chi connectivity index (χ3n) is 4.52. The second kappa shape index (κ2) is 9.50. The average molecular weight is 385 g/mol. The normalized spacial score (nSPS) is 19.1. The molecule has 1 heterocycles. The number of thiocarbonyl (C=S) groups is 1. The molecule has 1 aliphatic rings. The first-order chi connectivity index (χ1) is 11.9. The van der Waals surface area contributed by atoms with Gasteiger partial charge in [-0.3, -0.25) is 0 Å². The zero-order chi connectivity index (χ0) is 18.3. The molecule has 7 heteroatoms. The minimum atomic E-state index is -2.91. The molecule has 0 aromatic heterocycles. The molecule has 25 heavy (non-hydrogen) atoms. The van der Waals surface area contributed by atoms with Gasteiger partial charge in [-0.1, -0.05) is 30.3 Å². The third kappa shape index (κ3) is 6.92. The quantitative estimate of drug-likeness (QED) is 0.624. The summed E-state index contributed by atoms with van der Waals surface area (Å²) >= 11 is 5.59. The van der Waals surface area contributed by atoms with Crippen molar-refractivity contribution in [3.8, 4) is 0 Å². The van der Waals surface area contributed by atoms with E-state index in [1.807, 2.05) is 18.2 Å². The van der Waals surface area contributed by atoms with Crippen LogP contribution in [0.1, 0.15) is 18.4 Å². The molecule has 0 spiro atoms. The van der Waals surface area contributed by atoms with E-state index < -0.39 is 9.84 Å². The van der Waals surface area contributed by atoms with E-state index in [2.05, 4.69) is 36.4 Å². The van der Waals surface area contributed by atoms with Gasteiger partial charge in [0.2, 0.25) is 0 Å². The summed E-state index contributed by atoms with van der Waals surface area (Å²) in [6, 6.07) is 10.3. The molecule has 1 fully saturated rings. The smallest absolute Gasteiger partial charge is 0.169 e. The van der Waals surface area contributed by atoms with Crippen LogP contribution in [0.2, 0.25) is 0 Å². The Kier molecular flexibility index (Phi) is 7.65. The average Bonchev–Trinajstić information content (AvgIpc) is 2.92. The molecule has 0 saturated carbocycles. The summed E-state index contributed by atoms with van der Waals surface area (Å²) in [5.74, 6) is 0.502. The molecule has 2 N–H and O–H groups in total. The van der Waals surface area contributed by atoms with Gasteiger partial charge < -0.3 is 15.1 Å². The van der Waals surface area contributed by atoms with Gasteiger partial charge in [0.1, 0.15) is 0 Å². The number of quaternary nitrogens is 1. The molecular formula is C18H30N3O2S2+. The molecule has 140 valence electrons. The van der Waals surface area contributed by atoms with E-state index in [0.717, 1.165) is 32.5 Å². The number of benzene rings is 1. The molecule has 2 rings (SSSR count). The van der Waals surface area contributed by atoms with Crippen molar-refractivity contribution in [2.45, 2.75) is 25.3 Å². The zero-order valence-corrected chi connectivity index (χ0v) is 16.8. The molecular weight excluding hydrogens is 354 g/mol. The van der Waals surface area contributed by atoms with Gasteiger partial charge in [-0.05, 0) is 30.6 Å². The van der Waals surface area contributed by atoms with Crippen molar-refractivity contribution in [2.24, 2.45) is 0 Å². The van der Waals surface area contributed by atoms with Crippen LogP contribution >= 0.6 is 12.2 Å². The molecule has 0 unspecified atom stereocenters. The Bertz CT molecular complexity index is 648. The maximum Gasteiger partial charge on any atom is 0.169 e. The first-order valence-corrected chi connectivity index (χ1v) is 11.2. The molecule has 1 saturated heterocycles. The molecule has 1 aromatic rings. The van der Waals surface area contributed by atoms with Crippen LogP contribution in [0.3, 0.4) is 0 Å². The Morgan fingerprint density at radius 2 is 2.04 bits per heavy atom. The fraction of sp³-hybridized carbons (Fsp3) is 0.611. The van der Waals surface area contributed by atoms with E-state index in [1.165, 1.54) is 10.5 Å². The highest BCUT2D eigenvalue weighted by Gasteiger charge is 2.33. The number of sulfone groups is 1. The monoisotopic (exact) mass is 384 g/mol. The molecule has 1 aliphatic heterocycles. The van der Waals surface area contributed by atoms with Crippen LogP contribution in [0.15, 0.2) is 30.3 Å². The van der Waals surface area contributed by atoms with Crippen LogP contribution in [0.5, 0.6) is 0 Å². The largest absolute Gasteiger partial charge is 0.362 e. The van der Waals surface area contributed by atoms with Gasteiger partial charge in [0.15, 0.2) is 14.9 Å². The predicted octanol–water partition coefficient (Wildman–Crippen LogP) is 0.127. The molecule has 1 aromatic carbocycles. The van der Waals surface area contributed by atoms with Gasteiger partial charge in [0.25, 0.3) is 0 Å². The maximum absolute atomic E-state index is 11.9. The lowest BCUT2D eigenvalue weighted by atomic mass is 10.1. The highest BCUT2D eigenvalue weighted by molar-refractivity contribution is 7.91. The van der Waals surface area contributed by atoms with Crippen molar-refractivity contribution in [1.82, 2.24) is 10.2 Å². The van der Waals surface area contributed by atoms with Crippen LogP contribution in [0.4, 0.5) is 0 Å². The fourth-order valence-corrected chi connectivity index (χ4v) is 5.21. The molecule has 0 radical (unpaired) electrons. The van der Waals surface area contributed by atoms with E-state index in [4.69, 9.17) is 12.2 Å². The highest BCUT2D eigenvalue weighted by Crippen LogP contribution is 2.18. The Morgan fingerprint density at radius 1 is 1.32 bits per heavy atom. The van der Waals surface area contributed by atoms with Gasteiger partial charge in [-0.25, -0.2) is 8.42 Å². The lowest BCUT2D eigenvalue weighted by molar-refractivity contribution is -0.858. The van der Waals surface area contributed by atoms with Crippen LogP contribution in [0.25, 0.3) is 0 Å². The third-order valence-corrected chi connectivity index (χ3v) is 6.65. The summed E-state index contributed by atoms with van der Waals surface area (Å²) < 4.78 is 23.7. The van der Waals surface area contributed by atoms with E-state index in [-0.39, 0.29) is 17.5 Å². The van der Waals surface area contributed by atoms with Crippen molar-refractivity contribution < 1.29 is 13.3 Å². The first-order valence-electron chi connectivity index (χ1n) is 8.95. The summed E-state index contributed by atoms with van der Waals surface area (Å²) in [5.41, 5.74) is 1.27. The van der Waals surface area contributed by atoms with Crippen LogP contribution in [0, 0.1) is 0 Å². The van der Waals surface area contributed by atoms with Crippen molar-refractivity contribution in [2.75, 3.05) is 45.2 Å². The Balaban J connectivity index is 1.90. The fourth-order valence-electron chi connectivity index (χ4n) is 3.13. The second-order valence-corrected chi connectivity index (χ2v) is 9.64. The summed E-state index contributed by atoms with van der Waals surface area (Å²) in [6.45, 7) is 2.61. The Morgan fingerprint density at radius 3 is 2.64 bits per heavy atom. The van der Waals surface area contributed by atoms with Crippen LogP contribution in [-0.2, 0) is 16.3 Å². The number of nitrogens with one attached hydrogen (secondary N) is 2. The molecule has 5 nitrogen and oxygen atoms in total. The standard InChI is InChI=1S/C18H29N3O2S2/c1-20(2)12-6-13-21(17-10-14-25(22,23)15-17)18(24)19-11-9-16-7-4-3-5-8-16/h3-5,7-8,17H,6,9-15H2,1-2H3,(H,19,24)/p+1/t17-/m0/s1. The first kappa shape index (κ1) is 20.1. The number of hydrogen-bond acceptors (Lipinski definition) is 3. The van der Waals surface area contributed by atoms with Crippen molar-refractivity contribution in [3.05, 3.63) is 35.9 Å². The molecule has 0 aliphatic carbocycles. The summed E-state index contributed by atoms with van der Waals surface area (Å²) in [6.07, 6.45) is 2.58. The van der Waals surface area contributed by atoms with Crippen molar-refractivity contribution in [3.63, 3.8) is 0 Å². The maximum atomic E-state index is 11.9. The lowest BCUT2D eigenvalue weighted by Gasteiger charge is -2.31. The number of rotatable bonds is 8. The summed E-state index contributed by atoms with van der Waals surface area (Å²) in [5, 5.41) is 4.02. The van der Waals surface area contributed by atoms with E-state index in [0.29, 0.717) is 11.5 Å². The molecule has 0 bridgehead atoms. The Hall–Kier alpha value is -1.18. The van der Waals surface area contributed by atoms with Gasteiger partial charge in [-0.2, -0.15) is 0 Å². The number of hydrogen-bond donors (Lipinski definition) is 2. The summed E-state index contributed by atoms with van der Waals surface area (Å²) in [7, 11) is 1.34. The van der Waals surface area contributed by atoms with E-state index in [9.17, 15) is 8.42 Å². The zero-order valence-electron chi connectivity index (χ0n) is 15.2. The molecule has 0 amide bonds. The summed E-state index contributed by atoms with van der Waals surface area (Å²) in [4.78, 5) is 3.50. The molecule has 1 atom stereocenters. The lowest BCUT2D eigenvalue weighted by Crippen LogP contribution is -3.05. The van der Waals surface area contributed by atoms with Gasteiger partial charge in [-0.15, -0.1) is 0 Å². The van der Waals surface area contributed by atoms with Crippen LogP contribution in [-0.4, -0.2) is 69.7 Å². The minimum Gasteiger partial charge on any atom is -0.362 e. The second-order valence-electron chi connectivity index (χ2n) is 7.03. The SMILES string of the molecule is C[NH+](C)CCCN(C(=S)NCCc1ccccc1)[C@H]1CCS(=O)(=O)C1. The van der Waals surface area contributed by atoms with E-state index >= 15 is 0 Å². The minimum absolute atomic E-state index is 0.0129. The van der Waals surface area contributed by atoms with E-state index in [1.54, 1.807) is 0 Å². The predicted molar refractivity (Wildman–Crippen MR) is 107 cm³/mol. The topological polar surface area (TPSA) is 53.9 Å².